The predicted octanol–water partition coefficient (Wildman–Crippen LogP) is 1.62. The molecular weight excluding hydrogens is 402 g/mol. The van der Waals surface area contributed by atoms with Gasteiger partial charge >= 0.3 is 0 Å². The lowest BCUT2D eigenvalue weighted by Crippen LogP contribution is -2.54. The maximum atomic E-state index is 13.4. The molecule has 0 aliphatic carbocycles. The number of carbonyl (C=O) groups is 3. The Morgan fingerprint density at radius 3 is 2.73 bits per heavy atom. The van der Waals surface area contributed by atoms with Crippen molar-refractivity contribution in [1.82, 2.24) is 10.2 Å². The van der Waals surface area contributed by atoms with Gasteiger partial charge in [0.25, 0.3) is 0 Å². The summed E-state index contributed by atoms with van der Waals surface area (Å²) in [5.41, 5.74) is 0.704. The largest absolute Gasteiger partial charge is 0.395 e. The van der Waals surface area contributed by atoms with Gasteiger partial charge in [-0.25, -0.2) is 0 Å². The SMILES string of the molecule is CCCCNC(=O)C1N(CCO)C(=O)[C@@H]2[C@@H](C(=O)Nc3ccccc3)[C@H]3CCC12S3. The molecule has 3 fully saturated rings. The van der Waals surface area contributed by atoms with Crippen LogP contribution < -0.4 is 10.6 Å². The zero-order valence-corrected chi connectivity index (χ0v) is 18.0. The molecule has 3 aliphatic heterocycles. The third-order valence-corrected chi connectivity index (χ3v) is 8.51. The number of β-amino-alcohol motifs (C(OH)–C–C–N with tert-alkyl or cyclic N) is 1. The Morgan fingerprint density at radius 1 is 1.27 bits per heavy atom. The highest BCUT2D eigenvalue weighted by atomic mass is 32.2. The number of fused-ring (bicyclic) bond motifs is 1. The summed E-state index contributed by atoms with van der Waals surface area (Å²) in [6, 6.07) is 8.61. The van der Waals surface area contributed by atoms with Crippen molar-refractivity contribution in [3.05, 3.63) is 30.3 Å². The molecule has 7 nitrogen and oxygen atoms in total. The number of aliphatic hydroxyl groups is 1. The molecule has 3 amide bonds. The van der Waals surface area contributed by atoms with Crippen molar-refractivity contribution < 1.29 is 19.5 Å². The van der Waals surface area contributed by atoms with Gasteiger partial charge < -0.3 is 20.6 Å². The van der Waals surface area contributed by atoms with Crippen molar-refractivity contribution in [2.45, 2.75) is 48.6 Å². The Labute approximate surface area is 181 Å². The molecule has 3 aliphatic rings. The van der Waals surface area contributed by atoms with Crippen LogP contribution in [0.3, 0.4) is 0 Å². The number of unbranched alkanes of at least 4 members (excludes halogenated alkanes) is 1. The fraction of sp³-hybridized carbons (Fsp3) is 0.591. The normalized spacial score (nSPS) is 31.7. The molecule has 162 valence electrons. The number of hydrogen-bond donors (Lipinski definition) is 3. The van der Waals surface area contributed by atoms with Crippen LogP contribution in [0, 0.1) is 11.8 Å². The fourth-order valence-corrected chi connectivity index (χ4v) is 7.55. The summed E-state index contributed by atoms with van der Waals surface area (Å²) in [5, 5.41) is 15.5. The van der Waals surface area contributed by atoms with E-state index < -0.39 is 22.6 Å². The van der Waals surface area contributed by atoms with Crippen LogP contribution in [0.5, 0.6) is 0 Å². The molecule has 0 aromatic heterocycles. The first-order valence-electron chi connectivity index (χ1n) is 10.8. The molecule has 8 heteroatoms. The van der Waals surface area contributed by atoms with Gasteiger partial charge in [0.1, 0.15) is 6.04 Å². The van der Waals surface area contributed by atoms with Crippen molar-refractivity contribution in [2.24, 2.45) is 11.8 Å². The second kappa shape index (κ2) is 8.59. The molecule has 3 N–H and O–H groups in total. The Hall–Kier alpha value is -2.06. The van der Waals surface area contributed by atoms with E-state index in [4.69, 9.17) is 0 Å². The number of para-hydroxylation sites is 1. The summed E-state index contributed by atoms with van der Waals surface area (Å²) < 4.78 is -0.591. The van der Waals surface area contributed by atoms with Gasteiger partial charge in [-0.1, -0.05) is 31.5 Å². The van der Waals surface area contributed by atoms with Gasteiger partial charge in [-0.15, -0.1) is 11.8 Å². The van der Waals surface area contributed by atoms with Crippen LogP contribution in [0.4, 0.5) is 5.69 Å². The number of nitrogens with zero attached hydrogens (tertiary/aromatic N) is 1. The maximum absolute atomic E-state index is 13.4. The predicted molar refractivity (Wildman–Crippen MR) is 116 cm³/mol. The summed E-state index contributed by atoms with van der Waals surface area (Å²) in [5.74, 6) is -1.49. The van der Waals surface area contributed by atoms with Crippen molar-refractivity contribution in [2.75, 3.05) is 25.0 Å². The number of thioether (sulfide) groups is 1. The Balaban J connectivity index is 1.61. The topological polar surface area (TPSA) is 98.7 Å². The molecule has 1 aromatic carbocycles. The van der Waals surface area contributed by atoms with Crippen LogP contribution in [-0.2, 0) is 14.4 Å². The third kappa shape index (κ3) is 3.39. The first-order valence-corrected chi connectivity index (χ1v) is 11.6. The van der Waals surface area contributed by atoms with Crippen LogP contribution in [-0.4, -0.2) is 63.5 Å². The zero-order valence-electron chi connectivity index (χ0n) is 17.2. The average molecular weight is 432 g/mol. The third-order valence-electron chi connectivity index (χ3n) is 6.56. The minimum absolute atomic E-state index is 0.0323. The van der Waals surface area contributed by atoms with E-state index in [1.165, 1.54) is 4.90 Å². The smallest absolute Gasteiger partial charge is 0.244 e. The van der Waals surface area contributed by atoms with Crippen LogP contribution in [0.25, 0.3) is 0 Å². The lowest BCUT2D eigenvalue weighted by molar-refractivity contribution is -0.139. The van der Waals surface area contributed by atoms with Crippen LogP contribution in [0.2, 0.25) is 0 Å². The number of carbonyl (C=O) groups excluding carboxylic acids is 3. The quantitative estimate of drug-likeness (QED) is 0.544. The van der Waals surface area contributed by atoms with E-state index in [0.29, 0.717) is 12.2 Å². The number of aliphatic hydroxyl groups excluding tert-OH is 1. The van der Waals surface area contributed by atoms with Gasteiger partial charge in [-0.2, -0.15) is 0 Å². The first kappa shape index (κ1) is 21.2. The van der Waals surface area contributed by atoms with Crippen molar-refractivity contribution in [1.29, 1.82) is 0 Å². The molecule has 2 unspecified atom stereocenters. The Bertz CT molecular complexity index is 820. The summed E-state index contributed by atoms with van der Waals surface area (Å²) >= 11 is 1.64. The molecule has 5 atom stereocenters. The minimum Gasteiger partial charge on any atom is -0.395 e. The van der Waals surface area contributed by atoms with Gasteiger partial charge in [0.15, 0.2) is 0 Å². The van der Waals surface area contributed by atoms with E-state index in [-0.39, 0.29) is 36.1 Å². The summed E-state index contributed by atoms with van der Waals surface area (Å²) in [6.07, 6.45) is 3.39. The Morgan fingerprint density at radius 2 is 2.03 bits per heavy atom. The molecule has 1 spiro atoms. The summed E-state index contributed by atoms with van der Waals surface area (Å²) in [4.78, 5) is 41.3. The monoisotopic (exact) mass is 431 g/mol. The standard InChI is InChI=1S/C22H29N3O4S/c1-2-3-11-23-20(28)18-22-10-9-15(30-22)16(17(22)21(29)25(18)12-13-26)19(27)24-14-7-5-4-6-8-14/h4-8,15-18,26H,2-3,9-13H2,1H3,(H,23,28)(H,24,27)/t15-,16+,17+,18?,22?/m1/s1. The fourth-order valence-electron chi connectivity index (χ4n) is 5.33. The number of hydrogen-bond acceptors (Lipinski definition) is 5. The van der Waals surface area contributed by atoms with E-state index in [2.05, 4.69) is 17.6 Å². The van der Waals surface area contributed by atoms with Crippen molar-refractivity contribution in [3.8, 4) is 0 Å². The number of nitrogens with one attached hydrogen (secondary N) is 2. The van der Waals surface area contributed by atoms with Gasteiger partial charge in [0.2, 0.25) is 17.7 Å². The van der Waals surface area contributed by atoms with E-state index >= 15 is 0 Å². The molecule has 2 bridgehead atoms. The van der Waals surface area contributed by atoms with Crippen molar-refractivity contribution in [3.63, 3.8) is 0 Å². The molecular formula is C22H29N3O4S. The summed E-state index contributed by atoms with van der Waals surface area (Å²) in [6.45, 7) is 2.53. The lowest BCUT2D eigenvalue weighted by Gasteiger charge is -2.34. The number of rotatable bonds is 8. The molecule has 0 radical (unpaired) electrons. The minimum atomic E-state index is -0.636. The lowest BCUT2D eigenvalue weighted by atomic mass is 9.70. The van der Waals surface area contributed by atoms with E-state index in [9.17, 15) is 19.5 Å². The van der Waals surface area contributed by atoms with Gasteiger partial charge in [0, 0.05) is 24.0 Å². The van der Waals surface area contributed by atoms with E-state index in [0.717, 1.165) is 25.7 Å². The molecule has 30 heavy (non-hydrogen) atoms. The molecule has 4 rings (SSSR count). The van der Waals surface area contributed by atoms with E-state index in [1.54, 1.807) is 11.8 Å². The second-order valence-corrected chi connectivity index (χ2v) is 9.91. The summed E-state index contributed by atoms with van der Waals surface area (Å²) in [7, 11) is 0. The number of anilines is 1. The van der Waals surface area contributed by atoms with Crippen molar-refractivity contribution >= 4 is 35.2 Å². The number of benzene rings is 1. The highest BCUT2D eigenvalue weighted by Crippen LogP contribution is 2.66. The van der Waals surface area contributed by atoms with Crippen LogP contribution in [0.1, 0.15) is 32.6 Å². The number of likely N-dealkylation sites (tertiary alicyclic amines) is 1. The van der Waals surface area contributed by atoms with Crippen LogP contribution in [0.15, 0.2) is 30.3 Å². The van der Waals surface area contributed by atoms with Gasteiger partial charge in [-0.3, -0.25) is 14.4 Å². The van der Waals surface area contributed by atoms with Gasteiger partial charge in [-0.05, 0) is 31.4 Å². The zero-order chi connectivity index (χ0) is 21.3. The highest BCUT2D eigenvalue weighted by molar-refractivity contribution is 8.02. The number of amides is 3. The molecule has 3 saturated heterocycles. The highest BCUT2D eigenvalue weighted by Gasteiger charge is 2.73. The molecule has 3 heterocycles. The average Bonchev–Trinajstić information content (AvgIpc) is 3.37. The van der Waals surface area contributed by atoms with Crippen LogP contribution >= 0.6 is 11.8 Å². The first-order chi connectivity index (χ1) is 14.5. The Kier molecular flexibility index (Phi) is 6.06. The van der Waals surface area contributed by atoms with E-state index in [1.807, 2.05) is 30.3 Å². The van der Waals surface area contributed by atoms with Gasteiger partial charge in [0.05, 0.1) is 23.2 Å². The molecule has 1 aromatic rings. The maximum Gasteiger partial charge on any atom is 0.244 e. The molecule has 0 saturated carbocycles. The second-order valence-electron chi connectivity index (χ2n) is 8.31.